The molecule has 2 aromatic carbocycles. The van der Waals surface area contributed by atoms with Crippen LogP contribution in [0.2, 0.25) is 0 Å². The van der Waals surface area contributed by atoms with E-state index in [9.17, 15) is 4.79 Å². The summed E-state index contributed by atoms with van der Waals surface area (Å²) >= 11 is 0. The minimum absolute atomic E-state index is 0.336. The first-order valence-electron chi connectivity index (χ1n) is 6.22. The Hall–Kier alpha value is -2.79. The van der Waals surface area contributed by atoms with Gasteiger partial charge in [0, 0.05) is 5.56 Å². The first-order chi connectivity index (χ1) is 9.79. The van der Waals surface area contributed by atoms with Crippen LogP contribution >= 0.6 is 0 Å². The van der Waals surface area contributed by atoms with Crippen LogP contribution in [0.1, 0.15) is 11.1 Å². The fourth-order valence-electron chi connectivity index (χ4n) is 1.63. The number of methoxy groups -OCH3 is 1. The lowest BCUT2D eigenvalue weighted by Gasteiger charge is -1.98. The van der Waals surface area contributed by atoms with Crippen molar-refractivity contribution >= 4 is 12.0 Å². The minimum Gasteiger partial charge on any atom is -0.465 e. The quantitative estimate of drug-likeness (QED) is 0.471. The molecule has 0 unspecified atom stereocenters. The van der Waals surface area contributed by atoms with E-state index in [0.29, 0.717) is 5.57 Å². The summed E-state index contributed by atoms with van der Waals surface area (Å²) in [5, 5.41) is 0. The van der Waals surface area contributed by atoms with Gasteiger partial charge in [0.05, 0.1) is 7.11 Å². The van der Waals surface area contributed by atoms with E-state index in [1.165, 1.54) is 7.11 Å². The Morgan fingerprint density at radius 1 is 1.00 bits per heavy atom. The minimum atomic E-state index is -0.433. The standard InChI is InChI=1S/C18H14O2/c1-20-18(19)17(14-16-10-6-3-7-11-16)13-12-15-8-4-2-5-9-15/h2-11,14H,1H3. The molecule has 0 N–H and O–H groups in total. The van der Waals surface area contributed by atoms with Gasteiger partial charge in [0.25, 0.3) is 0 Å². The first-order valence-corrected chi connectivity index (χ1v) is 6.22. The lowest BCUT2D eigenvalue weighted by molar-refractivity contribution is -0.135. The van der Waals surface area contributed by atoms with E-state index in [1.54, 1.807) is 6.08 Å². The van der Waals surface area contributed by atoms with Gasteiger partial charge >= 0.3 is 5.97 Å². The Balaban J connectivity index is 2.33. The molecule has 0 aliphatic carbocycles. The molecule has 0 amide bonds. The summed E-state index contributed by atoms with van der Waals surface area (Å²) < 4.78 is 4.76. The molecular weight excluding hydrogens is 248 g/mol. The number of benzene rings is 2. The van der Waals surface area contributed by atoms with Crippen molar-refractivity contribution in [3.8, 4) is 11.8 Å². The maximum absolute atomic E-state index is 11.7. The van der Waals surface area contributed by atoms with Gasteiger partial charge in [-0.15, -0.1) is 0 Å². The van der Waals surface area contributed by atoms with Crippen molar-refractivity contribution in [2.24, 2.45) is 0 Å². The largest absolute Gasteiger partial charge is 0.465 e. The highest BCUT2D eigenvalue weighted by Crippen LogP contribution is 2.08. The molecule has 2 aromatic rings. The third-order valence-electron chi connectivity index (χ3n) is 2.63. The summed E-state index contributed by atoms with van der Waals surface area (Å²) in [7, 11) is 1.35. The monoisotopic (exact) mass is 262 g/mol. The van der Waals surface area contributed by atoms with Crippen molar-refractivity contribution < 1.29 is 9.53 Å². The Bertz CT molecular complexity index is 659. The second kappa shape index (κ2) is 6.96. The predicted molar refractivity (Wildman–Crippen MR) is 79.8 cm³/mol. The molecule has 0 saturated heterocycles. The Morgan fingerprint density at radius 3 is 2.20 bits per heavy atom. The SMILES string of the molecule is COC(=O)C(C#Cc1ccccc1)=Cc1ccccc1. The molecule has 2 heteroatoms. The summed E-state index contributed by atoms with van der Waals surface area (Å²) in [6.07, 6.45) is 1.72. The number of carbonyl (C=O) groups excluding carboxylic acids is 1. The molecule has 0 bridgehead atoms. The molecule has 0 aliphatic rings. The van der Waals surface area contributed by atoms with Crippen LogP contribution in [0.15, 0.2) is 66.2 Å². The average molecular weight is 262 g/mol. The fraction of sp³-hybridized carbons (Fsp3) is 0.0556. The van der Waals surface area contributed by atoms with Crippen LogP contribution in [0.3, 0.4) is 0 Å². The van der Waals surface area contributed by atoms with E-state index in [4.69, 9.17) is 4.74 Å². The van der Waals surface area contributed by atoms with Crippen molar-refractivity contribution in [2.45, 2.75) is 0 Å². The zero-order valence-corrected chi connectivity index (χ0v) is 11.2. The van der Waals surface area contributed by atoms with E-state index < -0.39 is 5.97 Å². The molecule has 0 radical (unpaired) electrons. The molecule has 0 heterocycles. The first kappa shape index (κ1) is 13.6. The van der Waals surface area contributed by atoms with E-state index in [2.05, 4.69) is 11.8 Å². The smallest absolute Gasteiger partial charge is 0.346 e. The Morgan fingerprint density at radius 2 is 1.60 bits per heavy atom. The van der Waals surface area contributed by atoms with Crippen LogP contribution < -0.4 is 0 Å². The van der Waals surface area contributed by atoms with Crippen molar-refractivity contribution in [1.82, 2.24) is 0 Å². The van der Waals surface area contributed by atoms with Gasteiger partial charge in [-0.2, -0.15) is 0 Å². The molecule has 0 spiro atoms. The van der Waals surface area contributed by atoms with Crippen molar-refractivity contribution in [3.63, 3.8) is 0 Å². The second-order valence-electron chi connectivity index (χ2n) is 4.08. The molecular formula is C18H14O2. The lowest BCUT2D eigenvalue weighted by Crippen LogP contribution is -2.02. The number of hydrogen-bond donors (Lipinski definition) is 0. The van der Waals surface area contributed by atoms with Crippen LogP contribution in [0, 0.1) is 11.8 Å². The fourth-order valence-corrected chi connectivity index (χ4v) is 1.63. The summed E-state index contributed by atoms with van der Waals surface area (Å²) in [5.41, 5.74) is 2.10. The number of carbonyl (C=O) groups is 1. The Kier molecular flexibility index (Phi) is 4.75. The van der Waals surface area contributed by atoms with Crippen LogP contribution in [0.25, 0.3) is 6.08 Å². The lowest BCUT2D eigenvalue weighted by atomic mass is 10.1. The van der Waals surface area contributed by atoms with Gasteiger partial charge in [0.1, 0.15) is 5.57 Å². The number of ether oxygens (including phenoxy) is 1. The maximum atomic E-state index is 11.7. The number of rotatable bonds is 2. The maximum Gasteiger partial charge on any atom is 0.346 e. The van der Waals surface area contributed by atoms with Crippen molar-refractivity contribution in [2.75, 3.05) is 7.11 Å². The third-order valence-corrected chi connectivity index (χ3v) is 2.63. The molecule has 2 rings (SSSR count). The molecule has 20 heavy (non-hydrogen) atoms. The molecule has 0 fully saturated rings. The van der Waals surface area contributed by atoms with Crippen molar-refractivity contribution in [3.05, 3.63) is 77.4 Å². The summed E-state index contributed by atoms with van der Waals surface area (Å²) in [5.74, 6) is 5.40. The van der Waals surface area contributed by atoms with Gasteiger partial charge in [-0.1, -0.05) is 60.4 Å². The Labute approximate surface area is 118 Å². The summed E-state index contributed by atoms with van der Waals surface area (Å²) in [6.45, 7) is 0. The van der Waals surface area contributed by atoms with Gasteiger partial charge in [-0.3, -0.25) is 0 Å². The van der Waals surface area contributed by atoms with Gasteiger partial charge in [-0.05, 0) is 23.8 Å². The zero-order chi connectivity index (χ0) is 14.2. The molecule has 0 atom stereocenters. The van der Waals surface area contributed by atoms with Crippen molar-refractivity contribution in [1.29, 1.82) is 0 Å². The van der Waals surface area contributed by atoms with E-state index >= 15 is 0 Å². The van der Waals surface area contributed by atoms with E-state index in [0.717, 1.165) is 11.1 Å². The highest BCUT2D eigenvalue weighted by atomic mass is 16.5. The molecule has 0 aromatic heterocycles. The third kappa shape index (κ3) is 3.86. The average Bonchev–Trinajstić information content (AvgIpc) is 2.52. The van der Waals surface area contributed by atoms with Gasteiger partial charge < -0.3 is 4.74 Å². The van der Waals surface area contributed by atoms with Crippen LogP contribution in [0.4, 0.5) is 0 Å². The van der Waals surface area contributed by atoms with E-state index in [1.807, 2.05) is 60.7 Å². The topological polar surface area (TPSA) is 26.3 Å². The van der Waals surface area contributed by atoms with E-state index in [-0.39, 0.29) is 0 Å². The van der Waals surface area contributed by atoms with Gasteiger partial charge in [0.15, 0.2) is 0 Å². The number of esters is 1. The second-order valence-corrected chi connectivity index (χ2v) is 4.08. The van der Waals surface area contributed by atoms with Crippen LogP contribution in [-0.2, 0) is 9.53 Å². The van der Waals surface area contributed by atoms with Gasteiger partial charge in [0.2, 0.25) is 0 Å². The highest BCUT2D eigenvalue weighted by Gasteiger charge is 2.06. The molecule has 2 nitrogen and oxygen atoms in total. The normalized spacial score (nSPS) is 10.3. The highest BCUT2D eigenvalue weighted by molar-refractivity contribution is 5.98. The predicted octanol–water partition coefficient (Wildman–Crippen LogP) is 3.29. The number of hydrogen-bond acceptors (Lipinski definition) is 2. The molecule has 0 saturated carbocycles. The summed E-state index contributed by atoms with van der Waals surface area (Å²) in [6, 6.07) is 19.1. The molecule has 0 aliphatic heterocycles. The van der Waals surface area contributed by atoms with Gasteiger partial charge in [-0.25, -0.2) is 4.79 Å². The zero-order valence-electron chi connectivity index (χ0n) is 11.2. The molecule has 98 valence electrons. The summed E-state index contributed by atoms with van der Waals surface area (Å²) in [4.78, 5) is 11.7. The van der Waals surface area contributed by atoms with Crippen LogP contribution in [-0.4, -0.2) is 13.1 Å². The van der Waals surface area contributed by atoms with Crippen LogP contribution in [0.5, 0.6) is 0 Å².